The largest absolute Gasteiger partial charge is 0.493 e. The van der Waals surface area contributed by atoms with Crippen LogP contribution in [0.1, 0.15) is 44.2 Å². The van der Waals surface area contributed by atoms with Gasteiger partial charge >= 0.3 is 0 Å². The number of hydrogen-bond acceptors (Lipinski definition) is 3. The molecule has 6 heteroatoms. The number of benzene rings is 2. The third-order valence-electron chi connectivity index (χ3n) is 4.39. The summed E-state index contributed by atoms with van der Waals surface area (Å²) in [5.41, 5.74) is 4.34. The average molecular weight is 414 g/mol. The molecule has 0 aromatic heterocycles. The van der Waals surface area contributed by atoms with Crippen LogP contribution in [0, 0.1) is 6.92 Å². The maximum atomic E-state index is 11.1. The van der Waals surface area contributed by atoms with Crippen molar-refractivity contribution in [3.05, 3.63) is 53.6 Å². The van der Waals surface area contributed by atoms with Gasteiger partial charge in [-0.3, -0.25) is 4.79 Å². The Morgan fingerprint density at radius 3 is 2.66 bits per heavy atom. The lowest BCUT2D eigenvalue weighted by Crippen LogP contribution is -2.30. The smallest absolute Gasteiger partial charge is 0.221 e. The first kappa shape index (κ1) is 22.7. The topological polar surface area (TPSA) is 62.4 Å². The summed E-state index contributed by atoms with van der Waals surface area (Å²) in [4.78, 5) is 11.1. The Labute approximate surface area is 179 Å². The highest BCUT2D eigenvalue weighted by Gasteiger charge is 2.03. The molecule has 2 rings (SSSR count). The predicted molar refractivity (Wildman–Crippen MR) is 125 cm³/mol. The van der Waals surface area contributed by atoms with Crippen molar-refractivity contribution in [1.29, 1.82) is 0 Å². The molecule has 0 atom stereocenters. The van der Waals surface area contributed by atoms with Gasteiger partial charge in [-0.15, -0.1) is 0 Å². The lowest BCUT2D eigenvalue weighted by atomic mass is 10.0. The van der Waals surface area contributed by atoms with E-state index in [4.69, 9.17) is 17.0 Å². The summed E-state index contributed by atoms with van der Waals surface area (Å²) in [5, 5.41) is 9.84. The molecule has 0 radical (unpaired) electrons. The van der Waals surface area contributed by atoms with Crippen LogP contribution in [0.2, 0.25) is 0 Å². The summed E-state index contributed by atoms with van der Waals surface area (Å²) in [6, 6.07) is 13.9. The zero-order chi connectivity index (χ0) is 21.1. The number of nitrogens with one attached hydrogen (secondary N) is 3. The molecule has 29 heavy (non-hydrogen) atoms. The van der Waals surface area contributed by atoms with Gasteiger partial charge < -0.3 is 20.7 Å². The molecule has 156 valence electrons. The average Bonchev–Trinajstić information content (AvgIpc) is 2.68. The van der Waals surface area contributed by atoms with E-state index in [2.05, 4.69) is 48.0 Å². The zero-order valence-corrected chi connectivity index (χ0v) is 18.3. The Bertz CT molecular complexity index is 824. The van der Waals surface area contributed by atoms with Gasteiger partial charge in [0, 0.05) is 30.9 Å². The third-order valence-corrected chi connectivity index (χ3v) is 4.63. The summed E-state index contributed by atoms with van der Waals surface area (Å²) in [7, 11) is 0. The number of thiocarbonyl (C=S) groups is 1. The van der Waals surface area contributed by atoms with Gasteiger partial charge in [0.1, 0.15) is 5.75 Å². The summed E-state index contributed by atoms with van der Waals surface area (Å²) in [5.74, 6) is 0.633. The Balaban J connectivity index is 1.69. The third kappa shape index (κ3) is 8.52. The SMILES string of the molecule is CCCCc1ccc(NC(=S)NCCCOc2cccc(NC(C)=O)c2)c(C)c1. The molecule has 0 aliphatic rings. The van der Waals surface area contributed by atoms with E-state index in [1.165, 1.54) is 30.9 Å². The van der Waals surface area contributed by atoms with Gasteiger partial charge in [-0.05, 0) is 67.7 Å². The maximum absolute atomic E-state index is 11.1. The van der Waals surface area contributed by atoms with Gasteiger partial charge in [0.25, 0.3) is 0 Å². The second kappa shape index (κ2) is 12.1. The normalized spacial score (nSPS) is 10.3. The molecule has 0 fully saturated rings. The van der Waals surface area contributed by atoms with Crippen molar-refractivity contribution in [2.75, 3.05) is 23.8 Å². The lowest BCUT2D eigenvalue weighted by Gasteiger charge is -2.14. The fourth-order valence-corrected chi connectivity index (χ4v) is 3.11. The monoisotopic (exact) mass is 413 g/mol. The number of unbranched alkanes of at least 4 members (excludes halogenated alkanes) is 1. The molecule has 0 unspecified atom stereocenters. The van der Waals surface area contributed by atoms with Crippen LogP contribution in [0.15, 0.2) is 42.5 Å². The Morgan fingerprint density at radius 2 is 1.93 bits per heavy atom. The summed E-state index contributed by atoms with van der Waals surface area (Å²) < 4.78 is 5.74. The first-order valence-electron chi connectivity index (χ1n) is 10.1. The van der Waals surface area contributed by atoms with E-state index in [-0.39, 0.29) is 5.91 Å². The molecule has 5 nitrogen and oxygen atoms in total. The minimum Gasteiger partial charge on any atom is -0.493 e. The van der Waals surface area contributed by atoms with Crippen LogP contribution in [0.5, 0.6) is 5.75 Å². The van der Waals surface area contributed by atoms with Crippen molar-refractivity contribution in [3.8, 4) is 5.75 Å². The second-order valence-corrected chi connectivity index (χ2v) is 7.45. The standard InChI is InChI=1S/C23H31N3O2S/c1-4-5-8-19-11-12-22(17(2)15-19)26-23(29)24-13-7-14-28-21-10-6-9-20(16-21)25-18(3)27/h6,9-12,15-16H,4-5,7-8,13-14H2,1-3H3,(H,25,27)(H2,24,26,29). The number of carbonyl (C=O) groups is 1. The zero-order valence-electron chi connectivity index (χ0n) is 17.5. The molecule has 2 aromatic carbocycles. The Morgan fingerprint density at radius 1 is 1.10 bits per heavy atom. The number of carbonyl (C=O) groups excluding carboxylic acids is 1. The number of anilines is 2. The molecule has 0 bridgehead atoms. The van der Waals surface area contributed by atoms with Gasteiger partial charge in [-0.25, -0.2) is 0 Å². The van der Waals surface area contributed by atoms with E-state index < -0.39 is 0 Å². The van der Waals surface area contributed by atoms with E-state index in [9.17, 15) is 4.79 Å². The number of aryl methyl sites for hydroxylation is 2. The van der Waals surface area contributed by atoms with Crippen molar-refractivity contribution < 1.29 is 9.53 Å². The van der Waals surface area contributed by atoms with Gasteiger partial charge in [0.15, 0.2) is 5.11 Å². The highest BCUT2D eigenvalue weighted by atomic mass is 32.1. The summed E-state index contributed by atoms with van der Waals surface area (Å²) >= 11 is 5.40. The van der Waals surface area contributed by atoms with Crippen molar-refractivity contribution in [2.45, 2.75) is 46.5 Å². The Kier molecular flexibility index (Phi) is 9.44. The fourth-order valence-electron chi connectivity index (χ4n) is 2.90. The van der Waals surface area contributed by atoms with Crippen LogP contribution in [0.3, 0.4) is 0 Å². The molecule has 0 aliphatic carbocycles. The van der Waals surface area contributed by atoms with Gasteiger partial charge in [-0.2, -0.15) is 0 Å². The van der Waals surface area contributed by atoms with Crippen molar-refractivity contribution in [2.24, 2.45) is 0 Å². The van der Waals surface area contributed by atoms with Crippen LogP contribution in [0.25, 0.3) is 0 Å². The van der Waals surface area contributed by atoms with Gasteiger partial charge in [0.05, 0.1) is 6.61 Å². The molecule has 3 N–H and O–H groups in total. The first-order valence-corrected chi connectivity index (χ1v) is 10.5. The molecular formula is C23H31N3O2S. The van der Waals surface area contributed by atoms with Crippen LogP contribution in [-0.4, -0.2) is 24.2 Å². The van der Waals surface area contributed by atoms with Crippen LogP contribution in [0.4, 0.5) is 11.4 Å². The van der Waals surface area contributed by atoms with E-state index in [1.807, 2.05) is 24.3 Å². The first-order chi connectivity index (χ1) is 14.0. The highest BCUT2D eigenvalue weighted by Crippen LogP contribution is 2.18. The maximum Gasteiger partial charge on any atom is 0.221 e. The lowest BCUT2D eigenvalue weighted by molar-refractivity contribution is -0.114. The quantitative estimate of drug-likeness (QED) is 0.376. The van der Waals surface area contributed by atoms with Crippen LogP contribution < -0.4 is 20.7 Å². The summed E-state index contributed by atoms with van der Waals surface area (Å²) in [6.07, 6.45) is 4.35. The van der Waals surface area contributed by atoms with E-state index in [1.54, 1.807) is 0 Å². The number of amides is 1. The predicted octanol–water partition coefficient (Wildman–Crippen LogP) is 5.05. The van der Waals surface area contributed by atoms with Gasteiger partial charge in [-0.1, -0.05) is 31.5 Å². The highest BCUT2D eigenvalue weighted by molar-refractivity contribution is 7.80. The van der Waals surface area contributed by atoms with Crippen LogP contribution in [-0.2, 0) is 11.2 Å². The van der Waals surface area contributed by atoms with E-state index in [0.717, 1.165) is 30.0 Å². The molecule has 1 amide bonds. The van der Waals surface area contributed by atoms with Crippen molar-refractivity contribution in [1.82, 2.24) is 5.32 Å². The second-order valence-electron chi connectivity index (χ2n) is 7.04. The molecule has 2 aromatic rings. The molecular weight excluding hydrogens is 382 g/mol. The summed E-state index contributed by atoms with van der Waals surface area (Å²) in [6.45, 7) is 7.07. The van der Waals surface area contributed by atoms with Crippen LogP contribution >= 0.6 is 12.2 Å². The molecule has 0 heterocycles. The van der Waals surface area contributed by atoms with Crippen molar-refractivity contribution >= 4 is 34.6 Å². The fraction of sp³-hybridized carbons (Fsp3) is 0.391. The van der Waals surface area contributed by atoms with Crippen molar-refractivity contribution in [3.63, 3.8) is 0 Å². The number of rotatable bonds is 10. The minimum absolute atomic E-state index is 0.0989. The molecule has 0 saturated heterocycles. The number of ether oxygens (including phenoxy) is 1. The minimum atomic E-state index is -0.0989. The molecule has 0 saturated carbocycles. The molecule has 0 aliphatic heterocycles. The Hall–Kier alpha value is -2.60. The number of hydrogen-bond donors (Lipinski definition) is 3. The van der Waals surface area contributed by atoms with Gasteiger partial charge in [0.2, 0.25) is 5.91 Å². The van der Waals surface area contributed by atoms with E-state index >= 15 is 0 Å². The molecule has 0 spiro atoms. The van der Waals surface area contributed by atoms with E-state index in [0.29, 0.717) is 18.3 Å².